The van der Waals surface area contributed by atoms with Crippen molar-refractivity contribution in [1.82, 2.24) is 4.90 Å². The summed E-state index contributed by atoms with van der Waals surface area (Å²) in [6.07, 6.45) is 2.81. The Kier molecular flexibility index (Phi) is 4.92. The lowest BCUT2D eigenvalue weighted by molar-refractivity contribution is -0.130. The Morgan fingerprint density at radius 3 is 2.67 bits per heavy atom. The number of rotatable bonds is 4. The normalized spacial score (nSPS) is 26.0. The average molecular weight is 289 g/mol. The number of allylic oxidation sites excluding steroid dienone is 2. The van der Waals surface area contributed by atoms with Crippen molar-refractivity contribution in [2.45, 2.75) is 47.6 Å². The van der Waals surface area contributed by atoms with Crippen LogP contribution >= 0.6 is 0 Å². The Morgan fingerprint density at radius 1 is 1.38 bits per heavy atom. The van der Waals surface area contributed by atoms with Crippen LogP contribution in [0.25, 0.3) is 0 Å². The molecule has 0 saturated heterocycles. The summed E-state index contributed by atoms with van der Waals surface area (Å²) >= 11 is 0. The molecule has 1 aromatic heterocycles. The summed E-state index contributed by atoms with van der Waals surface area (Å²) in [5, 5.41) is 0. The van der Waals surface area contributed by atoms with E-state index in [1.165, 1.54) is 11.1 Å². The van der Waals surface area contributed by atoms with Gasteiger partial charge in [0.25, 0.3) is 0 Å². The third kappa shape index (κ3) is 3.58. The van der Waals surface area contributed by atoms with E-state index in [4.69, 9.17) is 4.42 Å². The molecule has 21 heavy (non-hydrogen) atoms. The van der Waals surface area contributed by atoms with Gasteiger partial charge in [0, 0.05) is 13.5 Å². The van der Waals surface area contributed by atoms with Gasteiger partial charge in [-0.25, -0.2) is 0 Å². The van der Waals surface area contributed by atoms with E-state index in [1.54, 1.807) is 13.2 Å². The molecule has 1 amide bonds. The van der Waals surface area contributed by atoms with E-state index >= 15 is 0 Å². The molecule has 0 radical (unpaired) electrons. The van der Waals surface area contributed by atoms with Gasteiger partial charge in [-0.2, -0.15) is 0 Å². The maximum absolute atomic E-state index is 12.0. The molecule has 2 rings (SSSR count). The molecule has 0 unspecified atom stereocenters. The number of hydrogen-bond donors (Lipinski definition) is 0. The molecule has 3 atom stereocenters. The molecule has 3 nitrogen and oxygen atoms in total. The number of carbonyl (C=O) groups excluding carboxylic acids is 1. The first-order chi connectivity index (χ1) is 9.90. The van der Waals surface area contributed by atoms with Crippen LogP contribution in [0.2, 0.25) is 0 Å². The second-order valence-electron chi connectivity index (χ2n) is 6.58. The molecule has 0 bridgehead atoms. The van der Waals surface area contributed by atoms with Crippen molar-refractivity contribution in [2.24, 2.45) is 17.8 Å². The van der Waals surface area contributed by atoms with Gasteiger partial charge in [-0.1, -0.05) is 25.0 Å². The van der Waals surface area contributed by atoms with Gasteiger partial charge in [0.1, 0.15) is 5.76 Å². The first kappa shape index (κ1) is 15.9. The third-order valence-electron chi connectivity index (χ3n) is 5.16. The van der Waals surface area contributed by atoms with Gasteiger partial charge in [-0.15, -0.1) is 0 Å². The number of carbonyl (C=O) groups is 1. The highest BCUT2D eigenvalue weighted by Crippen LogP contribution is 2.38. The zero-order valence-electron chi connectivity index (χ0n) is 13.8. The molecule has 0 aliphatic heterocycles. The summed E-state index contributed by atoms with van der Waals surface area (Å²) in [7, 11) is 0. The first-order valence-corrected chi connectivity index (χ1v) is 7.84. The van der Waals surface area contributed by atoms with Crippen LogP contribution in [-0.4, -0.2) is 17.4 Å². The molecule has 0 spiro atoms. The predicted molar refractivity (Wildman–Crippen MR) is 84.6 cm³/mol. The fourth-order valence-corrected chi connectivity index (χ4v) is 3.49. The van der Waals surface area contributed by atoms with Crippen LogP contribution in [0.5, 0.6) is 0 Å². The molecule has 0 fully saturated rings. The molecule has 3 heteroatoms. The van der Waals surface area contributed by atoms with Crippen LogP contribution in [0.15, 0.2) is 34.0 Å². The average Bonchev–Trinajstić information content (AvgIpc) is 2.92. The predicted octanol–water partition coefficient (Wildman–Crippen LogP) is 4.26. The molecule has 0 saturated carbocycles. The summed E-state index contributed by atoms with van der Waals surface area (Å²) in [6, 6.07) is 3.80. The molecular formula is C18H27NO2. The fraction of sp³-hybridized carbons (Fsp3) is 0.611. The van der Waals surface area contributed by atoms with Gasteiger partial charge in [0.05, 0.1) is 12.8 Å². The minimum atomic E-state index is 0.120. The van der Waals surface area contributed by atoms with Crippen molar-refractivity contribution in [3.05, 3.63) is 35.3 Å². The van der Waals surface area contributed by atoms with Gasteiger partial charge < -0.3 is 9.32 Å². The highest BCUT2D eigenvalue weighted by atomic mass is 16.3. The molecule has 1 aliphatic carbocycles. The third-order valence-corrected chi connectivity index (χ3v) is 5.16. The van der Waals surface area contributed by atoms with Crippen molar-refractivity contribution in [3.63, 3.8) is 0 Å². The highest BCUT2D eigenvalue weighted by Gasteiger charge is 2.32. The monoisotopic (exact) mass is 289 g/mol. The first-order valence-electron chi connectivity index (χ1n) is 7.84. The van der Waals surface area contributed by atoms with Crippen molar-refractivity contribution in [2.75, 3.05) is 6.54 Å². The zero-order valence-corrected chi connectivity index (χ0v) is 13.8. The number of hydrogen-bond acceptors (Lipinski definition) is 2. The lowest BCUT2D eigenvalue weighted by Crippen LogP contribution is -2.39. The van der Waals surface area contributed by atoms with Crippen molar-refractivity contribution >= 4 is 5.91 Å². The topological polar surface area (TPSA) is 33.5 Å². The van der Waals surface area contributed by atoms with Crippen LogP contribution in [0, 0.1) is 17.8 Å². The van der Waals surface area contributed by atoms with Crippen molar-refractivity contribution in [1.29, 1.82) is 0 Å². The van der Waals surface area contributed by atoms with Crippen LogP contribution in [-0.2, 0) is 11.3 Å². The molecule has 1 aromatic rings. The summed E-state index contributed by atoms with van der Waals surface area (Å²) in [5.74, 6) is 2.64. The van der Waals surface area contributed by atoms with E-state index in [0.29, 0.717) is 24.3 Å². The van der Waals surface area contributed by atoms with Gasteiger partial charge in [0.2, 0.25) is 5.91 Å². The standard InChI is InChI=1S/C18H27NO2/c1-12-9-13(2)18(15(4)14(12)3)11-19(16(5)20)10-17-7-6-8-21-17/h6-8,13,15,18H,9-11H2,1-5H3/t13-,15+,18+/m0/s1. The summed E-state index contributed by atoms with van der Waals surface area (Å²) < 4.78 is 5.39. The minimum Gasteiger partial charge on any atom is -0.467 e. The largest absolute Gasteiger partial charge is 0.467 e. The van der Waals surface area contributed by atoms with Gasteiger partial charge in [-0.3, -0.25) is 4.79 Å². The van der Waals surface area contributed by atoms with E-state index in [2.05, 4.69) is 27.7 Å². The second kappa shape index (κ2) is 6.50. The van der Waals surface area contributed by atoms with Crippen LogP contribution in [0.4, 0.5) is 0 Å². The Labute approximate surface area is 128 Å². The van der Waals surface area contributed by atoms with Crippen molar-refractivity contribution in [3.8, 4) is 0 Å². The molecule has 116 valence electrons. The maximum atomic E-state index is 12.0. The molecule has 1 aliphatic rings. The SMILES string of the molecule is CC(=O)N(Cc1ccco1)C[C@H]1[C@H](C)C(C)=C(C)C[C@@H]1C. The quantitative estimate of drug-likeness (QED) is 0.776. The lowest BCUT2D eigenvalue weighted by Gasteiger charge is -2.39. The molecule has 0 aromatic carbocycles. The number of furan rings is 1. The Bertz CT molecular complexity index is 515. The maximum Gasteiger partial charge on any atom is 0.219 e. The van der Waals surface area contributed by atoms with E-state index in [9.17, 15) is 4.79 Å². The Balaban J connectivity index is 2.11. The van der Waals surface area contributed by atoms with E-state index in [0.717, 1.165) is 18.7 Å². The minimum absolute atomic E-state index is 0.120. The van der Waals surface area contributed by atoms with Crippen LogP contribution in [0.3, 0.4) is 0 Å². The summed E-state index contributed by atoms with van der Waals surface area (Å²) in [4.78, 5) is 13.9. The Hall–Kier alpha value is -1.51. The van der Waals surface area contributed by atoms with E-state index < -0.39 is 0 Å². The summed E-state index contributed by atoms with van der Waals surface area (Å²) in [5.41, 5.74) is 3.02. The molecule has 0 N–H and O–H groups in total. The summed E-state index contributed by atoms with van der Waals surface area (Å²) in [6.45, 7) is 12.1. The highest BCUT2D eigenvalue weighted by molar-refractivity contribution is 5.73. The van der Waals surface area contributed by atoms with E-state index in [-0.39, 0.29) is 5.91 Å². The van der Waals surface area contributed by atoms with Gasteiger partial charge in [0.15, 0.2) is 0 Å². The van der Waals surface area contributed by atoms with Crippen LogP contribution in [0.1, 0.15) is 46.8 Å². The fourth-order valence-electron chi connectivity index (χ4n) is 3.49. The van der Waals surface area contributed by atoms with Crippen LogP contribution < -0.4 is 0 Å². The second-order valence-corrected chi connectivity index (χ2v) is 6.58. The molecular weight excluding hydrogens is 262 g/mol. The number of nitrogens with zero attached hydrogens (tertiary/aromatic N) is 1. The molecule has 1 heterocycles. The van der Waals surface area contributed by atoms with Gasteiger partial charge in [-0.05, 0) is 50.2 Å². The van der Waals surface area contributed by atoms with Gasteiger partial charge >= 0.3 is 0 Å². The van der Waals surface area contributed by atoms with Crippen molar-refractivity contribution < 1.29 is 9.21 Å². The smallest absolute Gasteiger partial charge is 0.219 e. The number of amides is 1. The Morgan fingerprint density at radius 2 is 2.10 bits per heavy atom. The van der Waals surface area contributed by atoms with E-state index in [1.807, 2.05) is 17.0 Å². The zero-order chi connectivity index (χ0) is 15.6. The lowest BCUT2D eigenvalue weighted by atomic mass is 9.71.